The zero-order valence-corrected chi connectivity index (χ0v) is 13.1. The molecule has 0 N–H and O–H groups in total. The van der Waals surface area contributed by atoms with Crippen molar-refractivity contribution in [2.24, 2.45) is 0 Å². The fourth-order valence-electron chi connectivity index (χ4n) is 1.29. The molecule has 1 rings (SSSR count). The number of hydrogen-bond acceptors (Lipinski definition) is 8. The zero-order valence-electron chi connectivity index (χ0n) is 11.5. The van der Waals surface area contributed by atoms with E-state index >= 15 is 0 Å². The first-order chi connectivity index (χ1) is 11.2. The number of epoxide rings is 1. The number of hydrogen-bond donors (Lipinski definition) is 0. The molecular weight excluding hydrogens is 424 g/mol. The molecule has 1 fully saturated rings. The second-order valence-corrected chi connectivity index (χ2v) is 6.59. The molecule has 150 valence electrons. The van der Waals surface area contributed by atoms with Gasteiger partial charge in [0.25, 0.3) is 0 Å². The van der Waals surface area contributed by atoms with E-state index in [0.29, 0.717) is 0 Å². The van der Waals surface area contributed by atoms with Crippen molar-refractivity contribution in [2.45, 2.75) is 29.7 Å². The molecular formula is C8H8F8O7S2. The van der Waals surface area contributed by atoms with Crippen molar-refractivity contribution >= 4 is 22.3 Å². The summed E-state index contributed by atoms with van der Waals surface area (Å²) in [5.74, 6) is -2.27. The maximum absolute atomic E-state index is 13.0. The van der Waals surface area contributed by atoms with Gasteiger partial charge in [-0.05, 0) is 9.62 Å². The molecule has 17 heteroatoms. The molecule has 1 saturated heterocycles. The van der Waals surface area contributed by atoms with Crippen LogP contribution in [0.5, 0.6) is 0 Å². The highest BCUT2D eigenvalue weighted by atomic mass is 32.3. The summed E-state index contributed by atoms with van der Waals surface area (Å²) in [5, 5.41) is -2.83. The van der Waals surface area contributed by atoms with Crippen LogP contribution in [-0.4, -0.2) is 57.1 Å². The molecule has 0 amide bonds. The molecule has 2 atom stereocenters. The minimum atomic E-state index is -5.55. The lowest BCUT2D eigenvalue weighted by atomic mass is 10.3. The maximum Gasteiger partial charge on any atom is 0.432 e. The molecule has 1 heterocycles. The van der Waals surface area contributed by atoms with Gasteiger partial charge in [0.05, 0.1) is 13.2 Å². The van der Waals surface area contributed by atoms with Crippen molar-refractivity contribution in [1.29, 1.82) is 0 Å². The Labute approximate surface area is 138 Å². The van der Waals surface area contributed by atoms with E-state index < -0.39 is 70.9 Å². The van der Waals surface area contributed by atoms with E-state index in [1.807, 2.05) is 0 Å². The van der Waals surface area contributed by atoms with Crippen LogP contribution >= 0.6 is 12.0 Å². The Morgan fingerprint density at radius 3 is 2.00 bits per heavy atom. The summed E-state index contributed by atoms with van der Waals surface area (Å²) < 4.78 is 136. The van der Waals surface area contributed by atoms with Crippen LogP contribution in [0, 0.1) is 0 Å². The SMILES string of the molecule is O=S(=O)(F)CC(F)(F)OCC1OC1COC(F)(F)C(F)(F)SOOF. The first kappa shape index (κ1) is 22.6. The zero-order chi connectivity index (χ0) is 19.5. The summed E-state index contributed by atoms with van der Waals surface area (Å²) in [6.07, 6.45) is -12.2. The average molecular weight is 432 g/mol. The Hall–Kier alpha value is -0.460. The summed E-state index contributed by atoms with van der Waals surface area (Å²) in [6, 6.07) is 0. The maximum atomic E-state index is 13.0. The average Bonchev–Trinajstić information content (AvgIpc) is 3.17. The molecule has 0 radical (unpaired) electrons. The van der Waals surface area contributed by atoms with Gasteiger partial charge in [0, 0.05) is 0 Å². The van der Waals surface area contributed by atoms with Gasteiger partial charge >= 0.3 is 27.7 Å². The van der Waals surface area contributed by atoms with Crippen LogP contribution in [0.2, 0.25) is 0 Å². The number of rotatable bonds is 12. The molecule has 0 aromatic carbocycles. The molecule has 25 heavy (non-hydrogen) atoms. The van der Waals surface area contributed by atoms with Crippen LogP contribution in [-0.2, 0) is 33.9 Å². The third-order valence-electron chi connectivity index (χ3n) is 2.42. The van der Waals surface area contributed by atoms with Crippen molar-refractivity contribution in [3.63, 3.8) is 0 Å². The van der Waals surface area contributed by atoms with E-state index in [0.717, 1.165) is 0 Å². The minimum Gasteiger partial charge on any atom is -0.365 e. The van der Waals surface area contributed by atoms with Crippen LogP contribution in [0.4, 0.5) is 34.8 Å². The summed E-state index contributed by atoms with van der Waals surface area (Å²) in [4.78, 5) is 0. The normalized spacial score (nSPS) is 22.2. The van der Waals surface area contributed by atoms with Crippen LogP contribution in [0.25, 0.3) is 0 Å². The molecule has 0 spiro atoms. The molecule has 1 aliphatic rings. The predicted molar refractivity (Wildman–Crippen MR) is 61.2 cm³/mol. The Morgan fingerprint density at radius 1 is 1.00 bits per heavy atom. The molecule has 0 aliphatic carbocycles. The number of alkyl halides is 6. The lowest BCUT2D eigenvalue weighted by molar-refractivity contribution is -0.368. The van der Waals surface area contributed by atoms with Crippen LogP contribution in [0.15, 0.2) is 0 Å². The molecule has 0 bridgehead atoms. The fraction of sp³-hybridized carbons (Fsp3) is 1.00. The largest absolute Gasteiger partial charge is 0.432 e. The molecule has 0 aromatic rings. The quantitative estimate of drug-likeness (QED) is 0.116. The van der Waals surface area contributed by atoms with Gasteiger partial charge in [-0.15, -0.1) is 8.22 Å². The minimum absolute atomic E-state index is 1.05. The van der Waals surface area contributed by atoms with Crippen molar-refractivity contribution < 1.29 is 66.8 Å². The van der Waals surface area contributed by atoms with E-state index in [1.54, 1.807) is 0 Å². The predicted octanol–water partition coefficient (Wildman–Crippen LogP) is 2.35. The molecule has 2 unspecified atom stereocenters. The van der Waals surface area contributed by atoms with Crippen LogP contribution < -0.4 is 0 Å². The van der Waals surface area contributed by atoms with E-state index in [4.69, 9.17) is 0 Å². The summed E-state index contributed by atoms with van der Waals surface area (Å²) in [7, 11) is -5.55. The van der Waals surface area contributed by atoms with E-state index in [-0.39, 0.29) is 0 Å². The lowest BCUT2D eigenvalue weighted by Crippen LogP contribution is -2.41. The molecule has 7 nitrogen and oxygen atoms in total. The highest BCUT2D eigenvalue weighted by molar-refractivity contribution is 7.95. The van der Waals surface area contributed by atoms with Gasteiger partial charge in [-0.25, -0.2) is 0 Å². The summed E-state index contributed by atoms with van der Waals surface area (Å²) >= 11 is -1.39. The second kappa shape index (κ2) is 8.05. The van der Waals surface area contributed by atoms with Gasteiger partial charge < -0.3 is 14.2 Å². The van der Waals surface area contributed by atoms with E-state index in [2.05, 4.69) is 23.6 Å². The topological polar surface area (TPSA) is 83.6 Å². The summed E-state index contributed by atoms with van der Waals surface area (Å²) in [6.45, 7) is -2.26. The Morgan fingerprint density at radius 2 is 1.52 bits per heavy atom. The van der Waals surface area contributed by atoms with Crippen LogP contribution in [0.3, 0.4) is 0 Å². The lowest BCUT2D eigenvalue weighted by Gasteiger charge is -2.23. The van der Waals surface area contributed by atoms with Gasteiger partial charge in [0.15, 0.2) is 5.75 Å². The van der Waals surface area contributed by atoms with Gasteiger partial charge in [-0.2, -0.15) is 34.8 Å². The highest BCUT2D eigenvalue weighted by Gasteiger charge is 2.61. The van der Waals surface area contributed by atoms with Gasteiger partial charge in [0.1, 0.15) is 24.3 Å². The Kier molecular flexibility index (Phi) is 7.27. The molecule has 1 aliphatic heterocycles. The van der Waals surface area contributed by atoms with Crippen molar-refractivity contribution in [3.05, 3.63) is 0 Å². The smallest absolute Gasteiger partial charge is 0.365 e. The van der Waals surface area contributed by atoms with Gasteiger partial charge in [-0.3, -0.25) is 0 Å². The number of halogens is 8. The van der Waals surface area contributed by atoms with Crippen LogP contribution in [0.1, 0.15) is 0 Å². The fourth-order valence-corrected chi connectivity index (χ4v) is 2.05. The third-order valence-corrected chi connectivity index (χ3v) is 3.67. The number of ether oxygens (including phenoxy) is 3. The van der Waals surface area contributed by atoms with Crippen molar-refractivity contribution in [3.8, 4) is 0 Å². The van der Waals surface area contributed by atoms with E-state index in [1.165, 1.54) is 0 Å². The van der Waals surface area contributed by atoms with Crippen molar-refractivity contribution in [2.75, 3.05) is 19.0 Å². The Bertz CT molecular complexity index is 545. The monoisotopic (exact) mass is 432 g/mol. The van der Waals surface area contributed by atoms with Gasteiger partial charge in [-0.1, -0.05) is 0 Å². The standard InChI is InChI=1S/C8H8F8O7S2/c9-6(10,3-25(16,17)18)19-1-4-5(21-4)2-20-7(11,12)8(13,14)24-23-22-15/h4-5H,1-3H2. The van der Waals surface area contributed by atoms with Gasteiger partial charge in [0.2, 0.25) is 0 Å². The first-order valence-corrected chi connectivity index (χ1v) is 8.11. The highest BCUT2D eigenvalue weighted by Crippen LogP contribution is 2.45. The van der Waals surface area contributed by atoms with Crippen molar-refractivity contribution in [1.82, 2.24) is 0 Å². The summed E-state index contributed by atoms with van der Waals surface area (Å²) in [5.41, 5.74) is 0. The van der Waals surface area contributed by atoms with E-state index in [9.17, 15) is 43.2 Å². The molecule has 0 saturated carbocycles. The first-order valence-electron chi connectivity index (χ1n) is 5.81. The second-order valence-electron chi connectivity index (χ2n) is 4.40. The molecule has 0 aromatic heterocycles. The Balaban J connectivity index is 2.38. The third kappa shape index (κ3) is 7.75.